The maximum atomic E-state index is 12.3. The smallest absolute Gasteiger partial charge is 0.543 e. The van der Waals surface area contributed by atoms with Crippen molar-refractivity contribution in [1.82, 2.24) is 15.1 Å². The molecule has 7 nitrogen and oxygen atoms in total. The van der Waals surface area contributed by atoms with E-state index in [-0.39, 0.29) is 47.2 Å². The second-order valence-corrected chi connectivity index (χ2v) is 7.18. The van der Waals surface area contributed by atoms with Gasteiger partial charge in [0.1, 0.15) is 10.5 Å². The van der Waals surface area contributed by atoms with Crippen LogP contribution in [0, 0.1) is 11.3 Å². The van der Waals surface area contributed by atoms with Gasteiger partial charge in [-0.05, 0) is 12.5 Å². The van der Waals surface area contributed by atoms with Gasteiger partial charge in [0.15, 0.2) is 0 Å². The van der Waals surface area contributed by atoms with Gasteiger partial charge in [0.25, 0.3) is 0 Å². The van der Waals surface area contributed by atoms with Crippen molar-refractivity contribution in [3.05, 3.63) is 21.8 Å². The molecule has 0 saturated carbocycles. The molecule has 1 saturated heterocycles. The zero-order chi connectivity index (χ0) is 16.2. The topological polar surface area (TPSA) is 106 Å². The number of β-lactam (4-membered cyclic amide) rings is 1. The van der Waals surface area contributed by atoms with Crippen LogP contribution in [0.4, 0.5) is 0 Å². The van der Waals surface area contributed by atoms with Crippen LogP contribution in [-0.4, -0.2) is 44.2 Å². The number of aliphatic hydroxyl groups excluding tert-OH is 1. The number of carbonyl (C=O) groups is 2. The first-order chi connectivity index (χ1) is 10.3. The molecule has 1 N–H and O–H groups in total. The molecule has 1 fully saturated rings. The number of nitrogens with zero attached hydrogens (tertiary/aromatic N) is 3. The van der Waals surface area contributed by atoms with Crippen molar-refractivity contribution in [2.45, 2.75) is 39.3 Å². The Morgan fingerprint density at radius 3 is 2.70 bits per heavy atom. The number of carboxylic acids is 1. The summed E-state index contributed by atoms with van der Waals surface area (Å²) >= 11 is 1.33. The maximum absolute atomic E-state index is 12.3. The van der Waals surface area contributed by atoms with Gasteiger partial charge < -0.3 is 19.9 Å². The SMILES string of the molecule is C[C@@H](O)[C@H]1C(=O)N2C(C(=O)[O-])=C(Cc3nncs3)C(C)(C)[C@H]12.[Na+]. The predicted octanol–water partition coefficient (Wildman–Crippen LogP) is -3.66. The van der Waals surface area contributed by atoms with Crippen molar-refractivity contribution in [2.24, 2.45) is 11.3 Å². The third-order valence-corrected chi connectivity index (χ3v) is 5.33. The van der Waals surface area contributed by atoms with Crippen molar-refractivity contribution < 1.29 is 49.4 Å². The number of carbonyl (C=O) groups excluding carboxylic acids is 2. The Hall–Kier alpha value is -0.800. The van der Waals surface area contributed by atoms with E-state index in [0.717, 1.165) is 0 Å². The van der Waals surface area contributed by atoms with Crippen molar-refractivity contribution in [3.8, 4) is 0 Å². The molecule has 2 aliphatic rings. The normalized spacial score (nSPS) is 26.4. The summed E-state index contributed by atoms with van der Waals surface area (Å²) in [6.07, 6.45) is -0.509. The van der Waals surface area contributed by atoms with Crippen LogP contribution in [0.15, 0.2) is 16.8 Å². The Bertz CT molecular complexity index is 672. The second kappa shape index (κ2) is 6.25. The molecule has 2 aliphatic heterocycles. The van der Waals surface area contributed by atoms with Gasteiger partial charge in [0, 0.05) is 11.8 Å². The van der Waals surface area contributed by atoms with Crippen molar-refractivity contribution >= 4 is 23.2 Å². The molecular weight excluding hydrogens is 329 g/mol. The van der Waals surface area contributed by atoms with Gasteiger partial charge in [-0.1, -0.05) is 13.8 Å². The quantitative estimate of drug-likeness (QED) is 0.445. The molecule has 118 valence electrons. The van der Waals surface area contributed by atoms with Crippen LogP contribution in [0.25, 0.3) is 0 Å². The summed E-state index contributed by atoms with van der Waals surface area (Å²) in [4.78, 5) is 25.1. The number of hydrogen-bond donors (Lipinski definition) is 1. The van der Waals surface area contributed by atoms with E-state index in [9.17, 15) is 19.8 Å². The fourth-order valence-electron chi connectivity index (χ4n) is 3.59. The van der Waals surface area contributed by atoms with Gasteiger partial charge in [0.05, 0.1) is 29.7 Å². The average molecular weight is 345 g/mol. The number of hydrogen-bond acceptors (Lipinski definition) is 7. The van der Waals surface area contributed by atoms with Crippen LogP contribution in [0.1, 0.15) is 25.8 Å². The van der Waals surface area contributed by atoms with Crippen LogP contribution < -0.4 is 34.7 Å². The maximum Gasteiger partial charge on any atom is 1.00 e. The zero-order valence-corrected chi connectivity index (χ0v) is 16.3. The van der Waals surface area contributed by atoms with E-state index in [0.29, 0.717) is 17.0 Å². The molecule has 3 rings (SSSR count). The molecule has 1 amide bonds. The van der Waals surface area contributed by atoms with Gasteiger partial charge >= 0.3 is 29.6 Å². The van der Waals surface area contributed by atoms with Gasteiger partial charge in [0.2, 0.25) is 5.91 Å². The third kappa shape index (κ3) is 2.66. The van der Waals surface area contributed by atoms with E-state index in [1.807, 2.05) is 13.8 Å². The fourth-order valence-corrected chi connectivity index (χ4v) is 4.13. The Balaban J connectivity index is 0.00000192. The van der Waals surface area contributed by atoms with Crippen molar-refractivity contribution in [1.29, 1.82) is 0 Å². The van der Waals surface area contributed by atoms with Gasteiger partial charge in [-0.15, -0.1) is 21.5 Å². The second-order valence-electron chi connectivity index (χ2n) is 6.27. The standard InChI is InChI=1S/C14H17N3O4S.Na/c1-6(18)9-11-14(2,3)7(4-8-16-15-5-22-8)10(13(20)21)17(11)12(9)19;/h5-6,9,11,18H,4H2,1-3H3,(H,20,21);/q;+1/p-1/t6-,9-,11+;/m1./s1. The van der Waals surface area contributed by atoms with Gasteiger partial charge in [-0.25, -0.2) is 0 Å². The van der Waals surface area contributed by atoms with Gasteiger partial charge in [-0.3, -0.25) is 4.79 Å². The Labute approximate surface area is 159 Å². The van der Waals surface area contributed by atoms with E-state index in [2.05, 4.69) is 10.2 Å². The summed E-state index contributed by atoms with van der Waals surface area (Å²) in [5.41, 5.74) is 1.53. The van der Waals surface area contributed by atoms with Crippen LogP contribution in [0.3, 0.4) is 0 Å². The monoisotopic (exact) mass is 345 g/mol. The summed E-state index contributed by atoms with van der Waals surface area (Å²) in [7, 11) is 0. The molecular formula is C14H16N3NaO4S. The largest absolute Gasteiger partial charge is 1.00 e. The first kappa shape index (κ1) is 18.5. The average Bonchev–Trinajstić information content (AvgIpc) is 2.96. The molecule has 0 radical (unpaired) electrons. The van der Waals surface area contributed by atoms with Crippen LogP contribution in [0.2, 0.25) is 0 Å². The van der Waals surface area contributed by atoms with Crippen molar-refractivity contribution in [2.75, 3.05) is 0 Å². The summed E-state index contributed by atoms with van der Waals surface area (Å²) in [6.45, 7) is 5.33. The summed E-state index contributed by atoms with van der Waals surface area (Å²) in [5.74, 6) is -2.32. The number of aliphatic hydroxyl groups is 1. The first-order valence-electron chi connectivity index (χ1n) is 6.98. The number of amides is 1. The summed E-state index contributed by atoms with van der Waals surface area (Å²) in [5, 5.41) is 29.8. The van der Waals surface area contributed by atoms with Crippen molar-refractivity contribution in [3.63, 3.8) is 0 Å². The number of fused-ring (bicyclic) bond motifs is 1. The molecule has 1 aromatic heterocycles. The minimum absolute atomic E-state index is 0. The fraction of sp³-hybridized carbons (Fsp3) is 0.571. The molecule has 9 heteroatoms. The van der Waals surface area contributed by atoms with E-state index in [4.69, 9.17) is 0 Å². The Morgan fingerprint density at radius 2 is 2.22 bits per heavy atom. The Kier molecular flexibility index (Phi) is 5.04. The van der Waals surface area contributed by atoms with E-state index >= 15 is 0 Å². The molecule has 0 aliphatic carbocycles. The summed E-state index contributed by atoms with van der Waals surface area (Å²) < 4.78 is 0. The Morgan fingerprint density at radius 1 is 1.57 bits per heavy atom. The molecule has 0 spiro atoms. The zero-order valence-electron chi connectivity index (χ0n) is 13.4. The predicted molar refractivity (Wildman–Crippen MR) is 75.2 cm³/mol. The van der Waals surface area contributed by atoms with Crippen LogP contribution in [-0.2, 0) is 16.0 Å². The minimum atomic E-state index is -1.37. The molecule has 0 unspecified atom stereocenters. The minimum Gasteiger partial charge on any atom is -0.543 e. The molecule has 0 bridgehead atoms. The molecule has 3 atom stereocenters. The van der Waals surface area contributed by atoms with Crippen LogP contribution in [0.5, 0.6) is 0 Å². The first-order valence-corrected chi connectivity index (χ1v) is 7.86. The number of aliphatic carboxylic acids is 1. The summed E-state index contributed by atoms with van der Waals surface area (Å²) in [6, 6.07) is -0.365. The molecule has 0 aromatic carbocycles. The molecule has 23 heavy (non-hydrogen) atoms. The third-order valence-electron chi connectivity index (χ3n) is 4.63. The van der Waals surface area contributed by atoms with E-state index < -0.39 is 23.4 Å². The van der Waals surface area contributed by atoms with E-state index in [1.165, 1.54) is 16.2 Å². The molecule has 3 heterocycles. The number of rotatable bonds is 4. The molecule has 1 aromatic rings. The number of aromatic nitrogens is 2. The van der Waals surface area contributed by atoms with Gasteiger partial charge in [-0.2, -0.15) is 0 Å². The van der Waals surface area contributed by atoms with E-state index in [1.54, 1.807) is 12.4 Å². The van der Waals surface area contributed by atoms with Crippen LogP contribution >= 0.6 is 11.3 Å². The number of carboxylic acid groups (broad SMARTS) is 1.